The van der Waals surface area contributed by atoms with Crippen LogP contribution >= 0.6 is 0 Å². The van der Waals surface area contributed by atoms with Crippen molar-refractivity contribution in [2.24, 2.45) is 4.99 Å². The molecule has 0 spiro atoms. The second kappa shape index (κ2) is 3.91. The Labute approximate surface area is 96.2 Å². The van der Waals surface area contributed by atoms with E-state index in [2.05, 4.69) is 46.4 Å². The summed E-state index contributed by atoms with van der Waals surface area (Å²) in [6.07, 6.45) is 0. The molecule has 0 saturated carbocycles. The minimum Gasteiger partial charge on any atom is -0.371 e. The molecule has 0 bridgehead atoms. The minimum absolute atomic E-state index is 0.515. The van der Waals surface area contributed by atoms with Crippen molar-refractivity contribution in [3.05, 3.63) is 35.4 Å². The van der Waals surface area contributed by atoms with E-state index in [-0.39, 0.29) is 0 Å². The van der Waals surface area contributed by atoms with E-state index in [1.165, 1.54) is 11.1 Å². The van der Waals surface area contributed by atoms with E-state index >= 15 is 0 Å². The summed E-state index contributed by atoms with van der Waals surface area (Å²) in [6.45, 7) is 6.23. The van der Waals surface area contributed by atoms with Crippen molar-refractivity contribution in [1.29, 1.82) is 0 Å². The van der Waals surface area contributed by atoms with Gasteiger partial charge >= 0.3 is 0 Å². The maximum Gasteiger partial charge on any atom is 0.111 e. The summed E-state index contributed by atoms with van der Waals surface area (Å²) in [4.78, 5) is 6.93. The van der Waals surface area contributed by atoms with Crippen molar-refractivity contribution in [2.45, 2.75) is 19.5 Å². The van der Waals surface area contributed by atoms with Crippen LogP contribution in [-0.4, -0.2) is 30.4 Å². The summed E-state index contributed by atoms with van der Waals surface area (Å²) in [7, 11) is 0. The fourth-order valence-corrected chi connectivity index (χ4v) is 2.58. The fraction of sp³-hybridized carbons (Fsp3) is 0.462. The largest absolute Gasteiger partial charge is 0.371 e. The predicted octanol–water partition coefficient (Wildman–Crippen LogP) is 1.56. The van der Waals surface area contributed by atoms with Crippen LogP contribution in [0.25, 0.3) is 0 Å². The molecule has 0 aromatic heterocycles. The number of hydrogen-bond acceptors (Lipinski definition) is 3. The third kappa shape index (κ3) is 1.61. The van der Waals surface area contributed by atoms with Gasteiger partial charge in [-0.25, -0.2) is 0 Å². The van der Waals surface area contributed by atoms with Gasteiger partial charge in [-0.05, 0) is 18.1 Å². The average molecular weight is 215 g/mol. The van der Waals surface area contributed by atoms with Gasteiger partial charge in [0.2, 0.25) is 0 Å². The van der Waals surface area contributed by atoms with Gasteiger partial charge in [0.15, 0.2) is 0 Å². The Morgan fingerprint density at radius 3 is 3.06 bits per heavy atom. The number of nitrogens with one attached hydrogen (secondary N) is 1. The maximum absolute atomic E-state index is 4.46. The Bertz CT molecular complexity index is 425. The lowest BCUT2D eigenvalue weighted by molar-refractivity contribution is 0.262. The smallest absolute Gasteiger partial charge is 0.111 e. The van der Waals surface area contributed by atoms with Gasteiger partial charge in [0.1, 0.15) is 5.84 Å². The SMILES string of the molecule is CC1c2ccccc2CN1CC1=NCCN1. The van der Waals surface area contributed by atoms with Gasteiger partial charge in [0, 0.05) is 19.1 Å². The molecular weight excluding hydrogens is 198 g/mol. The maximum atomic E-state index is 4.46. The average Bonchev–Trinajstić information content (AvgIpc) is 2.90. The van der Waals surface area contributed by atoms with Crippen LogP contribution in [0.4, 0.5) is 0 Å². The van der Waals surface area contributed by atoms with E-state index < -0.39 is 0 Å². The van der Waals surface area contributed by atoms with Crippen molar-refractivity contribution in [3.8, 4) is 0 Å². The minimum atomic E-state index is 0.515. The topological polar surface area (TPSA) is 27.6 Å². The molecule has 1 aromatic rings. The zero-order valence-corrected chi connectivity index (χ0v) is 9.61. The van der Waals surface area contributed by atoms with Crippen LogP contribution in [0.15, 0.2) is 29.3 Å². The van der Waals surface area contributed by atoms with Gasteiger partial charge in [0.05, 0.1) is 13.1 Å². The summed E-state index contributed by atoms with van der Waals surface area (Å²) in [6, 6.07) is 9.24. The highest BCUT2D eigenvalue weighted by Crippen LogP contribution is 2.32. The molecule has 3 nitrogen and oxygen atoms in total. The number of fused-ring (bicyclic) bond motifs is 1. The van der Waals surface area contributed by atoms with Crippen LogP contribution < -0.4 is 5.32 Å². The third-order valence-electron chi connectivity index (χ3n) is 3.52. The van der Waals surface area contributed by atoms with Crippen LogP contribution in [0.1, 0.15) is 24.1 Å². The molecule has 0 amide bonds. The zero-order chi connectivity index (χ0) is 11.0. The second-order valence-corrected chi connectivity index (χ2v) is 4.53. The lowest BCUT2D eigenvalue weighted by Crippen LogP contribution is -2.33. The Hall–Kier alpha value is -1.35. The molecule has 16 heavy (non-hydrogen) atoms. The molecule has 3 heteroatoms. The fourth-order valence-electron chi connectivity index (χ4n) is 2.58. The van der Waals surface area contributed by atoms with Gasteiger partial charge in [-0.2, -0.15) is 0 Å². The van der Waals surface area contributed by atoms with Crippen molar-refractivity contribution in [3.63, 3.8) is 0 Å². The molecule has 1 unspecified atom stereocenters. The molecule has 2 aliphatic heterocycles. The van der Waals surface area contributed by atoms with Gasteiger partial charge in [-0.3, -0.25) is 9.89 Å². The van der Waals surface area contributed by atoms with Crippen LogP contribution in [0, 0.1) is 0 Å². The number of aliphatic imine (C=N–C) groups is 1. The number of benzene rings is 1. The predicted molar refractivity (Wildman–Crippen MR) is 65.6 cm³/mol. The first kappa shape index (κ1) is 9.85. The molecule has 2 heterocycles. The molecule has 2 aliphatic rings. The monoisotopic (exact) mass is 215 g/mol. The van der Waals surface area contributed by atoms with Gasteiger partial charge in [-0.15, -0.1) is 0 Å². The standard InChI is InChI=1S/C13H17N3/c1-10-12-5-3-2-4-11(12)8-16(10)9-13-14-6-7-15-13/h2-5,10H,6-9H2,1H3,(H,14,15). The molecule has 3 rings (SSSR count). The highest BCUT2D eigenvalue weighted by Gasteiger charge is 2.27. The first-order chi connectivity index (χ1) is 7.84. The van der Waals surface area contributed by atoms with E-state index in [0.717, 1.165) is 32.0 Å². The Morgan fingerprint density at radius 1 is 1.44 bits per heavy atom. The summed E-state index contributed by atoms with van der Waals surface area (Å²) < 4.78 is 0. The van der Waals surface area contributed by atoms with Crippen LogP contribution in [-0.2, 0) is 6.54 Å². The van der Waals surface area contributed by atoms with Crippen LogP contribution in [0.3, 0.4) is 0 Å². The number of amidine groups is 1. The van der Waals surface area contributed by atoms with Gasteiger partial charge < -0.3 is 5.32 Å². The lowest BCUT2D eigenvalue weighted by atomic mass is 10.1. The normalized spacial score (nSPS) is 24.1. The first-order valence-electron chi connectivity index (χ1n) is 5.93. The molecule has 84 valence electrons. The molecular formula is C13H17N3. The van der Waals surface area contributed by atoms with Crippen LogP contribution in [0.2, 0.25) is 0 Å². The molecule has 1 atom stereocenters. The molecule has 0 radical (unpaired) electrons. The van der Waals surface area contributed by atoms with E-state index in [1.54, 1.807) is 0 Å². The van der Waals surface area contributed by atoms with Crippen molar-refractivity contribution in [2.75, 3.05) is 19.6 Å². The van der Waals surface area contributed by atoms with Crippen molar-refractivity contribution in [1.82, 2.24) is 10.2 Å². The number of nitrogens with zero attached hydrogens (tertiary/aromatic N) is 2. The van der Waals surface area contributed by atoms with Gasteiger partial charge in [0.25, 0.3) is 0 Å². The first-order valence-corrected chi connectivity index (χ1v) is 5.93. The van der Waals surface area contributed by atoms with E-state index in [0.29, 0.717) is 6.04 Å². The Morgan fingerprint density at radius 2 is 2.31 bits per heavy atom. The highest BCUT2D eigenvalue weighted by atomic mass is 15.2. The Kier molecular flexibility index (Phi) is 2.40. The quantitative estimate of drug-likeness (QED) is 0.811. The molecule has 1 aromatic carbocycles. The van der Waals surface area contributed by atoms with Crippen molar-refractivity contribution >= 4 is 5.84 Å². The molecule has 0 aliphatic carbocycles. The molecule has 0 fully saturated rings. The second-order valence-electron chi connectivity index (χ2n) is 4.53. The summed E-state index contributed by atoms with van der Waals surface area (Å²) in [5.41, 5.74) is 2.94. The summed E-state index contributed by atoms with van der Waals surface area (Å²) >= 11 is 0. The van der Waals surface area contributed by atoms with Crippen molar-refractivity contribution < 1.29 is 0 Å². The van der Waals surface area contributed by atoms with Crippen LogP contribution in [0.5, 0.6) is 0 Å². The third-order valence-corrected chi connectivity index (χ3v) is 3.52. The highest BCUT2D eigenvalue weighted by molar-refractivity contribution is 5.85. The lowest BCUT2D eigenvalue weighted by Gasteiger charge is -2.21. The van der Waals surface area contributed by atoms with E-state index in [9.17, 15) is 0 Å². The zero-order valence-electron chi connectivity index (χ0n) is 9.61. The summed E-state index contributed by atoms with van der Waals surface area (Å²) in [5.74, 6) is 1.15. The number of rotatable bonds is 2. The number of hydrogen-bond donors (Lipinski definition) is 1. The van der Waals surface area contributed by atoms with E-state index in [4.69, 9.17) is 0 Å². The van der Waals surface area contributed by atoms with Gasteiger partial charge in [-0.1, -0.05) is 24.3 Å². The van der Waals surface area contributed by atoms with E-state index in [1.807, 2.05) is 0 Å². The summed E-state index contributed by atoms with van der Waals surface area (Å²) in [5, 5.41) is 3.34. The molecule has 1 N–H and O–H groups in total. The Balaban J connectivity index is 1.76. The molecule has 0 saturated heterocycles.